The molecule has 2 saturated carbocycles. The monoisotopic (exact) mass is 806 g/mol. The Kier molecular flexibility index (Phi) is 12.3. The Bertz CT molecular complexity index is 2100. The minimum atomic E-state index is -0.950. The summed E-state index contributed by atoms with van der Waals surface area (Å²) in [5, 5.41) is 6.05. The van der Waals surface area contributed by atoms with Crippen molar-refractivity contribution >= 4 is 41.4 Å². The number of primary amides is 2. The molecule has 0 aromatic heterocycles. The second kappa shape index (κ2) is 17.7. The maximum atomic E-state index is 14.2. The molecule has 59 heavy (non-hydrogen) atoms. The number of nitrogens with two attached hydrogens (primary N) is 2. The number of nitrogens with one attached hydrogen (secondary N) is 2. The van der Waals surface area contributed by atoms with Gasteiger partial charge >= 0.3 is 5.97 Å². The molecule has 2 heterocycles. The van der Waals surface area contributed by atoms with Crippen LogP contribution in [0.25, 0.3) is 0 Å². The minimum Gasteiger partial charge on any atom is -0.481 e. The van der Waals surface area contributed by atoms with E-state index >= 15 is 0 Å². The fourth-order valence-electron chi connectivity index (χ4n) is 8.29. The first-order chi connectivity index (χ1) is 28.4. The number of esters is 1. The van der Waals surface area contributed by atoms with Crippen LogP contribution < -0.4 is 26.8 Å². The van der Waals surface area contributed by atoms with Crippen molar-refractivity contribution in [2.24, 2.45) is 35.1 Å². The molecule has 6 amide bonds. The van der Waals surface area contributed by atoms with Gasteiger partial charge in [-0.2, -0.15) is 0 Å². The number of likely N-dealkylation sites (tertiary alicyclic amines) is 2. The van der Waals surface area contributed by atoms with Gasteiger partial charge in [0.25, 0.3) is 11.8 Å². The zero-order valence-electron chi connectivity index (χ0n) is 32.9. The van der Waals surface area contributed by atoms with Gasteiger partial charge in [0, 0.05) is 55.7 Å². The Balaban J connectivity index is 1.05. The molecule has 3 aromatic carbocycles. The van der Waals surface area contributed by atoms with Crippen LogP contribution in [0.3, 0.4) is 0 Å². The van der Waals surface area contributed by atoms with Crippen LogP contribution in [0.2, 0.25) is 0 Å². The van der Waals surface area contributed by atoms with Gasteiger partial charge < -0.3 is 41.4 Å². The number of hydrogen-bond donors (Lipinski definition) is 4. The Morgan fingerprint density at radius 2 is 1.15 bits per heavy atom. The molecule has 0 unspecified atom stereocenters. The molecule has 0 spiro atoms. The number of benzene rings is 3. The van der Waals surface area contributed by atoms with Crippen molar-refractivity contribution in [3.63, 3.8) is 0 Å². The van der Waals surface area contributed by atoms with Gasteiger partial charge in [0.1, 0.15) is 5.75 Å². The van der Waals surface area contributed by atoms with E-state index in [-0.39, 0.29) is 85.4 Å². The van der Waals surface area contributed by atoms with E-state index in [9.17, 15) is 33.6 Å². The smallest absolute Gasteiger partial charge is 0.344 e. The third kappa shape index (κ3) is 9.40. The lowest BCUT2D eigenvalue weighted by molar-refractivity contribution is -0.146. The van der Waals surface area contributed by atoms with Crippen LogP contribution in [0.5, 0.6) is 5.75 Å². The normalized spacial score (nSPS) is 25.4. The van der Waals surface area contributed by atoms with E-state index in [0.717, 1.165) is 30.4 Å². The van der Waals surface area contributed by atoms with Crippen LogP contribution in [0.4, 0.5) is 0 Å². The maximum absolute atomic E-state index is 14.2. The van der Waals surface area contributed by atoms with Crippen LogP contribution in [-0.4, -0.2) is 103 Å². The van der Waals surface area contributed by atoms with Crippen LogP contribution in [0.15, 0.2) is 78.9 Å². The van der Waals surface area contributed by atoms with Gasteiger partial charge in [0.15, 0.2) is 6.61 Å². The second-order valence-electron chi connectivity index (χ2n) is 16.0. The minimum absolute atomic E-state index is 0.0235. The first-order valence-electron chi connectivity index (χ1n) is 20.2. The van der Waals surface area contributed by atoms with E-state index in [0.29, 0.717) is 6.42 Å². The summed E-state index contributed by atoms with van der Waals surface area (Å²) in [6.45, 7) is 1.17. The average molecular weight is 807 g/mol. The molecule has 310 valence electrons. The standard InChI is InChI=1S/C44H50N6O9/c1-2-3-16-58-38(51)24-59-37-17-27(43(56)49-20-31(39(45)52)33(22-49)41(54)47-35-18-29(35)25-10-6-4-7-11-25)14-15-28(37)44(57)50-21-32(40(46)53)34(23-50)42(55)48-36-19-30(36)26-12-8-5-9-13-26/h4-15,17,29-36H,2-3,16,18-24H2,1H3,(H2,45,52)(H2,46,53)(H,47,54)(H,48,55)/t29-,30-,31-,32-,33-,34-,35+,36+/m1/s1. The van der Waals surface area contributed by atoms with Crippen molar-refractivity contribution in [3.8, 4) is 5.75 Å². The fourth-order valence-corrected chi connectivity index (χ4v) is 8.29. The van der Waals surface area contributed by atoms with E-state index in [4.69, 9.17) is 20.9 Å². The number of rotatable bonds is 16. The van der Waals surface area contributed by atoms with Gasteiger partial charge in [0.2, 0.25) is 23.6 Å². The molecule has 7 rings (SSSR count). The van der Waals surface area contributed by atoms with Crippen molar-refractivity contribution in [2.45, 2.75) is 56.5 Å². The van der Waals surface area contributed by atoms with Crippen molar-refractivity contribution in [1.29, 1.82) is 0 Å². The zero-order chi connectivity index (χ0) is 41.8. The number of hydrogen-bond acceptors (Lipinski definition) is 9. The van der Waals surface area contributed by atoms with E-state index in [2.05, 4.69) is 10.6 Å². The fraction of sp³-hybridized carbons (Fsp3) is 0.432. The third-order valence-electron chi connectivity index (χ3n) is 11.9. The van der Waals surface area contributed by atoms with Gasteiger partial charge in [-0.15, -0.1) is 0 Å². The van der Waals surface area contributed by atoms with Crippen LogP contribution in [0, 0.1) is 23.7 Å². The molecule has 2 aliphatic carbocycles. The summed E-state index contributed by atoms with van der Waals surface area (Å²) in [7, 11) is 0. The van der Waals surface area contributed by atoms with Gasteiger partial charge in [-0.3, -0.25) is 28.8 Å². The summed E-state index contributed by atoms with van der Waals surface area (Å²) in [5.41, 5.74) is 13.7. The Morgan fingerprint density at radius 1 is 0.661 bits per heavy atom. The summed E-state index contributed by atoms with van der Waals surface area (Å²) >= 11 is 0. The predicted octanol–water partition coefficient (Wildman–Crippen LogP) is 2.10. The quantitative estimate of drug-likeness (QED) is 0.123. The molecule has 4 aliphatic rings. The van der Waals surface area contributed by atoms with Gasteiger partial charge in [-0.05, 0) is 48.6 Å². The summed E-state index contributed by atoms with van der Waals surface area (Å²) < 4.78 is 11.1. The molecular weight excluding hydrogens is 757 g/mol. The molecule has 2 saturated heterocycles. The highest BCUT2D eigenvalue weighted by molar-refractivity contribution is 6.02. The highest BCUT2D eigenvalue weighted by Gasteiger charge is 2.48. The number of carbonyl (C=O) groups is 7. The molecule has 8 atom stereocenters. The first-order valence-corrected chi connectivity index (χ1v) is 20.2. The first kappa shape index (κ1) is 40.9. The molecule has 3 aromatic rings. The Morgan fingerprint density at radius 3 is 1.64 bits per heavy atom. The predicted molar refractivity (Wildman–Crippen MR) is 213 cm³/mol. The summed E-state index contributed by atoms with van der Waals surface area (Å²) in [6, 6.07) is 23.5. The van der Waals surface area contributed by atoms with Crippen molar-refractivity contribution < 1.29 is 43.0 Å². The summed E-state index contributed by atoms with van der Waals surface area (Å²) in [6.07, 6.45) is 2.96. The van der Waals surface area contributed by atoms with Gasteiger partial charge in [0.05, 0.1) is 35.8 Å². The molecule has 4 fully saturated rings. The Labute approximate surface area is 342 Å². The van der Waals surface area contributed by atoms with Crippen LogP contribution >= 0.6 is 0 Å². The molecule has 0 radical (unpaired) electrons. The van der Waals surface area contributed by atoms with Crippen molar-refractivity contribution in [1.82, 2.24) is 20.4 Å². The zero-order valence-corrected chi connectivity index (χ0v) is 32.9. The number of nitrogens with zero attached hydrogens (tertiary/aromatic N) is 2. The van der Waals surface area contributed by atoms with Crippen LogP contribution in [-0.2, 0) is 28.7 Å². The molecule has 0 bridgehead atoms. The number of ether oxygens (including phenoxy) is 2. The highest BCUT2D eigenvalue weighted by atomic mass is 16.6. The number of amides is 6. The summed E-state index contributed by atoms with van der Waals surface area (Å²) in [5.74, 6) is -7.43. The third-order valence-corrected chi connectivity index (χ3v) is 11.9. The highest BCUT2D eigenvalue weighted by Crippen LogP contribution is 2.42. The summed E-state index contributed by atoms with van der Waals surface area (Å²) in [4.78, 5) is 95.6. The van der Waals surface area contributed by atoms with E-state index in [1.54, 1.807) is 0 Å². The maximum Gasteiger partial charge on any atom is 0.344 e. The number of carbonyl (C=O) groups excluding carboxylic acids is 7. The van der Waals surface area contributed by atoms with E-state index in [1.807, 2.05) is 67.6 Å². The average Bonchev–Trinajstić information content (AvgIpc) is 4.07. The van der Waals surface area contributed by atoms with E-state index in [1.165, 1.54) is 28.0 Å². The lowest BCUT2D eigenvalue weighted by Crippen LogP contribution is -2.40. The SMILES string of the molecule is CCCCOC(=O)COc1cc(C(=O)N2C[C@@H](C(N)=O)[C@H](C(=O)N[C@H]3C[C@@H]3c3ccccc3)C2)ccc1C(=O)N1C[C@@H](C(N)=O)[C@H](C(=O)N[C@H]2C[C@@H]2c2ccccc2)C1. The number of unbranched alkanes of at least 4 members (excludes halogenated alkanes) is 1. The van der Waals surface area contributed by atoms with Crippen LogP contribution in [0.1, 0.15) is 76.3 Å². The molecule has 2 aliphatic heterocycles. The lowest BCUT2D eigenvalue weighted by atomic mass is 9.94. The van der Waals surface area contributed by atoms with Crippen molar-refractivity contribution in [2.75, 3.05) is 39.4 Å². The topological polar surface area (TPSA) is 221 Å². The molecular formula is C44H50N6O9. The van der Waals surface area contributed by atoms with Gasteiger partial charge in [-0.1, -0.05) is 74.0 Å². The Hall–Kier alpha value is -6.25. The van der Waals surface area contributed by atoms with E-state index < -0.39 is 59.9 Å². The second-order valence-corrected chi connectivity index (χ2v) is 16.0. The molecule has 15 heteroatoms. The lowest BCUT2D eigenvalue weighted by Gasteiger charge is -2.21. The molecule has 15 nitrogen and oxygen atoms in total. The largest absolute Gasteiger partial charge is 0.481 e. The molecule has 6 N–H and O–H groups in total. The van der Waals surface area contributed by atoms with Crippen molar-refractivity contribution in [3.05, 3.63) is 101 Å². The van der Waals surface area contributed by atoms with Gasteiger partial charge in [-0.25, -0.2) is 4.79 Å².